The van der Waals surface area contributed by atoms with E-state index in [-0.39, 0.29) is 0 Å². The van der Waals surface area contributed by atoms with E-state index in [0.717, 1.165) is 23.7 Å². The van der Waals surface area contributed by atoms with Crippen LogP contribution in [0, 0.1) is 0 Å². The van der Waals surface area contributed by atoms with Gasteiger partial charge in [0.25, 0.3) is 0 Å². The molecule has 80 valence electrons. The van der Waals surface area contributed by atoms with Gasteiger partial charge < -0.3 is 4.74 Å². The SMILES string of the molecule is CCCCCCCCC1=CCC(=S)O1. The topological polar surface area (TPSA) is 9.23 Å². The molecule has 0 aromatic rings. The van der Waals surface area contributed by atoms with Crippen LogP contribution in [-0.2, 0) is 4.74 Å². The van der Waals surface area contributed by atoms with Crippen molar-refractivity contribution in [2.75, 3.05) is 0 Å². The molecular formula is C12H20OS. The number of hydrogen-bond donors (Lipinski definition) is 0. The molecule has 0 N–H and O–H groups in total. The van der Waals surface area contributed by atoms with Gasteiger partial charge in [-0.2, -0.15) is 0 Å². The van der Waals surface area contributed by atoms with Crippen LogP contribution < -0.4 is 0 Å². The van der Waals surface area contributed by atoms with Gasteiger partial charge in [-0.3, -0.25) is 0 Å². The van der Waals surface area contributed by atoms with Gasteiger partial charge in [0.05, 0.1) is 0 Å². The molecule has 1 aliphatic heterocycles. The summed E-state index contributed by atoms with van der Waals surface area (Å²) in [7, 11) is 0. The number of hydrogen-bond acceptors (Lipinski definition) is 2. The summed E-state index contributed by atoms with van der Waals surface area (Å²) >= 11 is 4.96. The van der Waals surface area contributed by atoms with E-state index in [1.54, 1.807) is 0 Å². The van der Waals surface area contributed by atoms with Crippen LogP contribution in [0.5, 0.6) is 0 Å². The molecule has 0 aromatic carbocycles. The van der Waals surface area contributed by atoms with Gasteiger partial charge in [0.2, 0.25) is 0 Å². The molecule has 0 atom stereocenters. The molecule has 1 rings (SSSR count). The lowest BCUT2D eigenvalue weighted by molar-refractivity contribution is 0.405. The lowest BCUT2D eigenvalue weighted by atomic mass is 10.1. The predicted molar refractivity (Wildman–Crippen MR) is 64.4 cm³/mol. The maximum absolute atomic E-state index is 5.38. The summed E-state index contributed by atoms with van der Waals surface area (Å²) < 4.78 is 5.38. The van der Waals surface area contributed by atoms with Gasteiger partial charge in [0.15, 0.2) is 5.05 Å². The van der Waals surface area contributed by atoms with Crippen molar-refractivity contribution in [3.8, 4) is 0 Å². The highest BCUT2D eigenvalue weighted by molar-refractivity contribution is 7.80. The van der Waals surface area contributed by atoms with Gasteiger partial charge in [0, 0.05) is 12.8 Å². The van der Waals surface area contributed by atoms with Crippen molar-refractivity contribution >= 4 is 17.3 Å². The molecule has 0 saturated carbocycles. The largest absolute Gasteiger partial charge is 0.455 e. The minimum atomic E-state index is 0.742. The van der Waals surface area contributed by atoms with Crippen molar-refractivity contribution in [3.63, 3.8) is 0 Å². The van der Waals surface area contributed by atoms with Crippen LogP contribution in [0.4, 0.5) is 0 Å². The second-order valence-corrected chi connectivity index (χ2v) is 4.32. The Kier molecular flexibility index (Phi) is 5.85. The zero-order valence-corrected chi connectivity index (χ0v) is 9.87. The number of allylic oxidation sites excluding steroid dienone is 1. The van der Waals surface area contributed by atoms with Gasteiger partial charge in [-0.05, 0) is 24.7 Å². The number of ether oxygens (including phenoxy) is 1. The number of thiocarbonyl (C=S) groups is 1. The minimum Gasteiger partial charge on any atom is -0.455 e. The van der Waals surface area contributed by atoms with Crippen LogP contribution in [-0.4, -0.2) is 5.05 Å². The Morgan fingerprint density at radius 2 is 1.93 bits per heavy atom. The third kappa shape index (κ3) is 4.75. The molecule has 0 spiro atoms. The first kappa shape index (κ1) is 11.7. The van der Waals surface area contributed by atoms with Gasteiger partial charge in [-0.15, -0.1) is 0 Å². The van der Waals surface area contributed by atoms with Crippen molar-refractivity contribution < 1.29 is 4.74 Å². The molecule has 1 nitrogen and oxygen atoms in total. The van der Waals surface area contributed by atoms with Crippen molar-refractivity contribution in [2.45, 2.75) is 58.3 Å². The summed E-state index contributed by atoms with van der Waals surface area (Å²) in [5.41, 5.74) is 0. The van der Waals surface area contributed by atoms with Gasteiger partial charge in [-0.25, -0.2) is 0 Å². The second kappa shape index (κ2) is 6.99. The Bertz CT molecular complexity index is 208. The van der Waals surface area contributed by atoms with E-state index in [1.165, 1.54) is 38.5 Å². The smallest absolute Gasteiger partial charge is 0.170 e. The quantitative estimate of drug-likeness (QED) is 0.458. The summed E-state index contributed by atoms with van der Waals surface area (Å²) in [6, 6.07) is 0. The zero-order valence-electron chi connectivity index (χ0n) is 9.05. The highest BCUT2D eigenvalue weighted by Crippen LogP contribution is 2.19. The lowest BCUT2D eigenvalue weighted by Gasteiger charge is -2.03. The zero-order chi connectivity index (χ0) is 10.2. The summed E-state index contributed by atoms with van der Waals surface area (Å²) in [5, 5.41) is 0.742. The fourth-order valence-electron chi connectivity index (χ4n) is 1.66. The fourth-order valence-corrected chi connectivity index (χ4v) is 1.85. The van der Waals surface area contributed by atoms with Crippen molar-refractivity contribution in [3.05, 3.63) is 11.8 Å². The molecule has 2 heteroatoms. The molecule has 0 unspecified atom stereocenters. The van der Waals surface area contributed by atoms with Crippen molar-refractivity contribution in [1.29, 1.82) is 0 Å². The Hall–Kier alpha value is -0.370. The number of unbranched alkanes of at least 4 members (excludes halogenated alkanes) is 5. The van der Waals surface area contributed by atoms with Crippen LogP contribution >= 0.6 is 12.2 Å². The highest BCUT2D eigenvalue weighted by Gasteiger charge is 2.09. The molecule has 0 amide bonds. The standard InChI is InChI=1S/C12H20OS/c1-2-3-4-5-6-7-8-11-9-10-12(14)13-11/h9H,2-8,10H2,1H3. The van der Waals surface area contributed by atoms with Crippen molar-refractivity contribution in [2.24, 2.45) is 0 Å². The average Bonchev–Trinajstić information content (AvgIpc) is 2.58. The maximum atomic E-state index is 5.38. The molecule has 0 radical (unpaired) electrons. The third-order valence-electron chi connectivity index (χ3n) is 2.52. The fraction of sp³-hybridized carbons (Fsp3) is 0.750. The molecule has 1 heterocycles. The Morgan fingerprint density at radius 1 is 1.21 bits per heavy atom. The molecule has 1 aliphatic rings. The third-order valence-corrected chi connectivity index (χ3v) is 2.77. The first-order valence-corrected chi connectivity index (χ1v) is 6.13. The van der Waals surface area contributed by atoms with Crippen LogP contribution in [0.1, 0.15) is 58.3 Å². The molecule has 0 aliphatic carbocycles. The van der Waals surface area contributed by atoms with E-state index >= 15 is 0 Å². The summed E-state index contributed by atoms with van der Waals surface area (Å²) in [6.45, 7) is 2.25. The highest BCUT2D eigenvalue weighted by atomic mass is 32.1. The Morgan fingerprint density at radius 3 is 2.57 bits per heavy atom. The van der Waals surface area contributed by atoms with E-state index in [1.807, 2.05) is 0 Å². The van der Waals surface area contributed by atoms with E-state index in [2.05, 4.69) is 13.0 Å². The van der Waals surface area contributed by atoms with Crippen LogP contribution in [0.2, 0.25) is 0 Å². The van der Waals surface area contributed by atoms with Gasteiger partial charge >= 0.3 is 0 Å². The molecule has 0 bridgehead atoms. The Balaban J connectivity index is 1.91. The monoisotopic (exact) mass is 212 g/mol. The van der Waals surface area contributed by atoms with Crippen LogP contribution in [0.15, 0.2) is 11.8 Å². The summed E-state index contributed by atoms with van der Waals surface area (Å²) in [6.07, 6.45) is 12.1. The maximum Gasteiger partial charge on any atom is 0.170 e. The average molecular weight is 212 g/mol. The van der Waals surface area contributed by atoms with Crippen molar-refractivity contribution in [1.82, 2.24) is 0 Å². The molecular weight excluding hydrogens is 192 g/mol. The van der Waals surface area contributed by atoms with E-state index in [4.69, 9.17) is 17.0 Å². The van der Waals surface area contributed by atoms with E-state index < -0.39 is 0 Å². The molecule has 0 aromatic heterocycles. The van der Waals surface area contributed by atoms with Gasteiger partial charge in [0.1, 0.15) is 5.76 Å². The van der Waals surface area contributed by atoms with Crippen LogP contribution in [0.3, 0.4) is 0 Å². The first-order chi connectivity index (χ1) is 6.83. The summed E-state index contributed by atoms with van der Waals surface area (Å²) in [5.74, 6) is 1.10. The van der Waals surface area contributed by atoms with E-state index in [9.17, 15) is 0 Å². The van der Waals surface area contributed by atoms with Crippen LogP contribution in [0.25, 0.3) is 0 Å². The molecule has 0 fully saturated rings. The molecule has 0 saturated heterocycles. The minimum absolute atomic E-state index is 0.742. The second-order valence-electron chi connectivity index (χ2n) is 3.87. The van der Waals surface area contributed by atoms with E-state index in [0.29, 0.717) is 0 Å². The lowest BCUT2D eigenvalue weighted by Crippen LogP contribution is -1.91. The first-order valence-electron chi connectivity index (χ1n) is 5.72. The molecule has 14 heavy (non-hydrogen) atoms. The Labute approximate surface area is 92.5 Å². The summed E-state index contributed by atoms with van der Waals surface area (Å²) in [4.78, 5) is 0. The van der Waals surface area contributed by atoms with Gasteiger partial charge in [-0.1, -0.05) is 39.0 Å². The normalized spacial score (nSPS) is 15.5. The number of rotatable bonds is 7. The predicted octanol–water partition coefficient (Wildman–Crippen LogP) is 4.37.